The van der Waals surface area contributed by atoms with Crippen LogP contribution in [0.1, 0.15) is 36.5 Å². The monoisotopic (exact) mass is 274 g/mol. The Morgan fingerprint density at radius 2 is 2.30 bits per heavy atom. The van der Waals surface area contributed by atoms with Crippen molar-refractivity contribution in [3.63, 3.8) is 0 Å². The average Bonchev–Trinajstić information content (AvgIpc) is 2.87. The normalized spacial score (nSPS) is 10.3. The lowest BCUT2D eigenvalue weighted by Gasteiger charge is -2.07. The second kappa shape index (κ2) is 6.70. The van der Waals surface area contributed by atoms with Crippen LogP contribution >= 0.6 is 0 Å². The van der Waals surface area contributed by atoms with Crippen LogP contribution in [0.3, 0.4) is 0 Å². The van der Waals surface area contributed by atoms with E-state index in [1.165, 1.54) is 0 Å². The Hall–Kier alpha value is -2.37. The van der Waals surface area contributed by atoms with E-state index in [-0.39, 0.29) is 11.6 Å². The van der Waals surface area contributed by atoms with Crippen molar-refractivity contribution in [1.29, 1.82) is 0 Å². The summed E-state index contributed by atoms with van der Waals surface area (Å²) < 4.78 is 5.39. The molecule has 1 amide bonds. The predicted octanol–water partition coefficient (Wildman–Crippen LogP) is 2.41. The molecule has 0 atom stereocenters. The number of nitrogens with zero attached hydrogens (tertiary/aromatic N) is 2. The molecule has 2 aromatic heterocycles. The van der Waals surface area contributed by atoms with Gasteiger partial charge in [-0.1, -0.05) is 13.3 Å². The van der Waals surface area contributed by atoms with Crippen molar-refractivity contribution in [3.8, 4) is 5.75 Å². The molecule has 0 fully saturated rings. The van der Waals surface area contributed by atoms with Crippen molar-refractivity contribution in [2.75, 3.05) is 11.9 Å². The molecular weight excluding hydrogens is 256 g/mol. The van der Waals surface area contributed by atoms with Crippen LogP contribution in [0.25, 0.3) is 0 Å². The summed E-state index contributed by atoms with van der Waals surface area (Å²) in [5.41, 5.74) is 1.25. The van der Waals surface area contributed by atoms with Crippen LogP contribution in [0.4, 0.5) is 5.82 Å². The van der Waals surface area contributed by atoms with E-state index in [0.29, 0.717) is 18.2 Å². The molecule has 6 heteroatoms. The molecule has 0 saturated carbocycles. The Morgan fingerprint density at radius 1 is 1.45 bits per heavy atom. The zero-order valence-electron chi connectivity index (χ0n) is 11.6. The van der Waals surface area contributed by atoms with E-state index in [0.717, 1.165) is 18.5 Å². The third kappa shape index (κ3) is 3.34. The Labute approximate surface area is 117 Å². The minimum Gasteiger partial charge on any atom is -0.491 e. The second-order valence-corrected chi connectivity index (χ2v) is 4.27. The molecule has 0 aliphatic carbocycles. The molecule has 0 aliphatic heterocycles. The van der Waals surface area contributed by atoms with Crippen molar-refractivity contribution >= 4 is 11.7 Å². The SMILES string of the molecule is CCCc1cc(NC(=O)c2ncccc2OCC)n[nH]1. The second-order valence-electron chi connectivity index (χ2n) is 4.27. The van der Waals surface area contributed by atoms with Crippen molar-refractivity contribution in [2.45, 2.75) is 26.7 Å². The number of rotatable bonds is 6. The van der Waals surface area contributed by atoms with Crippen LogP contribution < -0.4 is 10.1 Å². The van der Waals surface area contributed by atoms with E-state index < -0.39 is 0 Å². The smallest absolute Gasteiger partial charge is 0.279 e. The van der Waals surface area contributed by atoms with Crippen LogP contribution in [0, 0.1) is 0 Å². The van der Waals surface area contributed by atoms with E-state index >= 15 is 0 Å². The largest absolute Gasteiger partial charge is 0.491 e. The van der Waals surface area contributed by atoms with Crippen LogP contribution in [-0.2, 0) is 6.42 Å². The fourth-order valence-corrected chi connectivity index (χ4v) is 1.83. The van der Waals surface area contributed by atoms with Crippen LogP contribution in [0.5, 0.6) is 5.75 Å². The zero-order valence-corrected chi connectivity index (χ0v) is 11.6. The van der Waals surface area contributed by atoms with Crippen molar-refractivity contribution in [1.82, 2.24) is 15.2 Å². The number of aromatic nitrogens is 3. The van der Waals surface area contributed by atoms with Gasteiger partial charge in [0.2, 0.25) is 0 Å². The van der Waals surface area contributed by atoms with Gasteiger partial charge in [0.25, 0.3) is 5.91 Å². The lowest BCUT2D eigenvalue weighted by Crippen LogP contribution is -2.15. The van der Waals surface area contributed by atoms with Gasteiger partial charge in [-0.3, -0.25) is 9.89 Å². The van der Waals surface area contributed by atoms with Gasteiger partial charge < -0.3 is 10.1 Å². The van der Waals surface area contributed by atoms with Gasteiger partial charge in [0.1, 0.15) is 0 Å². The molecule has 2 N–H and O–H groups in total. The van der Waals surface area contributed by atoms with Gasteiger partial charge in [0.15, 0.2) is 17.3 Å². The first-order valence-corrected chi connectivity index (χ1v) is 6.68. The van der Waals surface area contributed by atoms with Crippen LogP contribution in [0.2, 0.25) is 0 Å². The molecule has 2 rings (SSSR count). The van der Waals surface area contributed by atoms with E-state index in [9.17, 15) is 4.79 Å². The van der Waals surface area contributed by atoms with Crippen molar-refractivity contribution in [3.05, 3.63) is 35.8 Å². The third-order valence-corrected chi connectivity index (χ3v) is 2.68. The maximum atomic E-state index is 12.2. The van der Waals surface area contributed by atoms with Gasteiger partial charge >= 0.3 is 0 Å². The Bertz CT molecular complexity index is 580. The Kier molecular flexibility index (Phi) is 4.70. The molecule has 6 nitrogen and oxygen atoms in total. The molecule has 0 spiro atoms. The first-order valence-electron chi connectivity index (χ1n) is 6.68. The number of amides is 1. The maximum absolute atomic E-state index is 12.2. The zero-order chi connectivity index (χ0) is 14.4. The molecule has 0 bridgehead atoms. The Morgan fingerprint density at radius 3 is 3.05 bits per heavy atom. The van der Waals surface area contributed by atoms with E-state index in [2.05, 4.69) is 27.4 Å². The molecule has 2 aromatic rings. The van der Waals surface area contributed by atoms with E-state index in [1.54, 1.807) is 18.3 Å². The molecule has 0 radical (unpaired) electrons. The first kappa shape index (κ1) is 14.0. The summed E-state index contributed by atoms with van der Waals surface area (Å²) in [4.78, 5) is 16.2. The van der Waals surface area contributed by atoms with Gasteiger partial charge in [-0.2, -0.15) is 5.10 Å². The minimum atomic E-state index is -0.330. The molecule has 2 heterocycles. The number of aryl methyl sites for hydroxylation is 1. The highest BCUT2D eigenvalue weighted by Crippen LogP contribution is 2.17. The summed E-state index contributed by atoms with van der Waals surface area (Å²) >= 11 is 0. The van der Waals surface area contributed by atoms with Crippen molar-refractivity contribution in [2.24, 2.45) is 0 Å². The molecule has 0 aromatic carbocycles. The van der Waals surface area contributed by atoms with E-state index in [1.807, 2.05) is 13.0 Å². The highest BCUT2D eigenvalue weighted by atomic mass is 16.5. The highest BCUT2D eigenvalue weighted by Gasteiger charge is 2.15. The Balaban J connectivity index is 2.11. The summed E-state index contributed by atoms with van der Waals surface area (Å²) in [5, 5.41) is 9.65. The predicted molar refractivity (Wildman–Crippen MR) is 75.9 cm³/mol. The standard InChI is InChI=1S/C14H18N4O2/c1-3-6-10-9-12(18-17-10)16-14(19)13-11(20-4-2)7-5-8-15-13/h5,7-9H,3-4,6H2,1-2H3,(H2,16,17,18,19). The fourth-order valence-electron chi connectivity index (χ4n) is 1.83. The van der Waals surface area contributed by atoms with Gasteiger partial charge in [0, 0.05) is 18.0 Å². The molecule has 0 unspecified atom stereocenters. The number of carbonyl (C=O) groups is 1. The average molecular weight is 274 g/mol. The minimum absolute atomic E-state index is 0.259. The van der Waals surface area contributed by atoms with Gasteiger partial charge in [-0.05, 0) is 25.5 Å². The van der Waals surface area contributed by atoms with Crippen LogP contribution in [0.15, 0.2) is 24.4 Å². The third-order valence-electron chi connectivity index (χ3n) is 2.68. The molecular formula is C14H18N4O2. The quantitative estimate of drug-likeness (QED) is 0.847. The summed E-state index contributed by atoms with van der Waals surface area (Å²) in [6, 6.07) is 5.28. The maximum Gasteiger partial charge on any atom is 0.279 e. The fraction of sp³-hybridized carbons (Fsp3) is 0.357. The number of nitrogens with one attached hydrogen (secondary N) is 2. The molecule has 0 aliphatic rings. The number of ether oxygens (including phenoxy) is 1. The summed E-state index contributed by atoms with van der Waals surface area (Å²) in [6.45, 7) is 4.43. The molecule has 106 valence electrons. The van der Waals surface area contributed by atoms with Crippen LogP contribution in [-0.4, -0.2) is 27.7 Å². The summed E-state index contributed by atoms with van der Waals surface area (Å²) in [5.74, 6) is 0.631. The molecule has 0 saturated heterocycles. The van der Waals surface area contributed by atoms with Gasteiger partial charge in [-0.15, -0.1) is 0 Å². The number of pyridine rings is 1. The highest BCUT2D eigenvalue weighted by molar-refractivity contribution is 6.04. The number of aromatic amines is 1. The van der Waals surface area contributed by atoms with Crippen molar-refractivity contribution < 1.29 is 9.53 Å². The lowest BCUT2D eigenvalue weighted by molar-refractivity contribution is 0.101. The first-order chi connectivity index (χ1) is 9.74. The number of H-pyrrole nitrogens is 1. The van der Waals surface area contributed by atoms with E-state index in [4.69, 9.17) is 4.74 Å². The van der Waals surface area contributed by atoms with Gasteiger partial charge in [-0.25, -0.2) is 4.98 Å². The number of anilines is 1. The topological polar surface area (TPSA) is 79.9 Å². The number of hydrogen-bond donors (Lipinski definition) is 2. The number of hydrogen-bond acceptors (Lipinski definition) is 4. The number of carbonyl (C=O) groups excluding carboxylic acids is 1. The van der Waals surface area contributed by atoms with Gasteiger partial charge in [0.05, 0.1) is 6.61 Å². The summed E-state index contributed by atoms with van der Waals surface area (Å²) in [7, 11) is 0. The molecule has 20 heavy (non-hydrogen) atoms. The summed E-state index contributed by atoms with van der Waals surface area (Å²) in [6.07, 6.45) is 3.48. The lowest BCUT2D eigenvalue weighted by atomic mass is 10.2.